The smallest absolute Gasteiger partial charge is 0.404 e. The van der Waals surface area contributed by atoms with Crippen LogP contribution in [-0.2, 0) is 11.3 Å². The number of ether oxygens (including phenoxy) is 1. The van der Waals surface area contributed by atoms with E-state index >= 15 is 0 Å². The van der Waals surface area contributed by atoms with Gasteiger partial charge in [-0.2, -0.15) is 0 Å². The van der Waals surface area contributed by atoms with Crippen molar-refractivity contribution < 1.29 is 27.1 Å². The van der Waals surface area contributed by atoms with Crippen molar-refractivity contribution in [1.82, 2.24) is 9.97 Å². The second-order valence-corrected chi connectivity index (χ2v) is 9.52. The SMILES string of the molecule is CC(C)(C)CC(=O)Nc1nc2c(cc1F)N(Cc1ccc(OC(F)(F)F)cn1)CC1CC21. The second kappa shape index (κ2) is 7.90. The van der Waals surface area contributed by atoms with Gasteiger partial charge in [0.25, 0.3) is 0 Å². The highest BCUT2D eigenvalue weighted by molar-refractivity contribution is 5.90. The fourth-order valence-electron chi connectivity index (χ4n) is 3.97. The number of hydrogen-bond donors (Lipinski definition) is 1. The molecule has 2 aromatic rings. The molecule has 10 heteroatoms. The van der Waals surface area contributed by atoms with Crippen molar-refractivity contribution >= 4 is 17.4 Å². The van der Waals surface area contributed by atoms with Gasteiger partial charge in [0.15, 0.2) is 11.6 Å². The first kappa shape index (κ1) is 22.3. The molecule has 3 heterocycles. The van der Waals surface area contributed by atoms with Gasteiger partial charge < -0.3 is 15.0 Å². The molecule has 32 heavy (non-hydrogen) atoms. The molecular weight excluding hydrogens is 428 g/mol. The van der Waals surface area contributed by atoms with Gasteiger partial charge >= 0.3 is 6.36 Å². The first-order valence-electron chi connectivity index (χ1n) is 10.3. The van der Waals surface area contributed by atoms with Crippen LogP contribution in [0, 0.1) is 17.2 Å². The predicted octanol–water partition coefficient (Wildman–Crippen LogP) is 5.01. The number of nitrogens with zero attached hydrogens (tertiary/aromatic N) is 3. The number of carbonyl (C=O) groups is 1. The minimum absolute atomic E-state index is 0.0720. The van der Waals surface area contributed by atoms with E-state index in [2.05, 4.69) is 20.0 Å². The van der Waals surface area contributed by atoms with E-state index in [9.17, 15) is 22.4 Å². The van der Waals surface area contributed by atoms with Crippen molar-refractivity contribution in [2.75, 3.05) is 16.8 Å². The van der Waals surface area contributed by atoms with Gasteiger partial charge in [0.05, 0.1) is 29.8 Å². The number of amides is 1. The van der Waals surface area contributed by atoms with E-state index < -0.39 is 17.9 Å². The van der Waals surface area contributed by atoms with Crippen molar-refractivity contribution in [3.05, 3.63) is 41.6 Å². The van der Waals surface area contributed by atoms with Crippen molar-refractivity contribution in [2.24, 2.45) is 11.3 Å². The molecule has 1 saturated carbocycles. The summed E-state index contributed by atoms with van der Waals surface area (Å²) in [4.78, 5) is 22.6. The van der Waals surface area contributed by atoms with E-state index in [0.29, 0.717) is 30.4 Å². The van der Waals surface area contributed by atoms with Crippen LogP contribution >= 0.6 is 0 Å². The summed E-state index contributed by atoms with van der Waals surface area (Å²) in [5.74, 6) is -0.809. The molecule has 172 valence electrons. The third-order valence-corrected chi connectivity index (χ3v) is 5.39. The first-order valence-corrected chi connectivity index (χ1v) is 10.3. The summed E-state index contributed by atoms with van der Waals surface area (Å²) in [6.45, 7) is 6.74. The highest BCUT2D eigenvalue weighted by Gasteiger charge is 2.46. The second-order valence-electron chi connectivity index (χ2n) is 9.52. The zero-order valence-corrected chi connectivity index (χ0v) is 18.0. The molecular formula is C22H24F4N4O2. The van der Waals surface area contributed by atoms with Crippen molar-refractivity contribution in [3.63, 3.8) is 0 Å². The number of hydrogen-bond acceptors (Lipinski definition) is 5. The Morgan fingerprint density at radius 3 is 2.66 bits per heavy atom. The molecule has 0 aromatic carbocycles. The maximum atomic E-state index is 14.8. The Balaban J connectivity index is 1.52. The summed E-state index contributed by atoms with van der Waals surface area (Å²) in [5.41, 5.74) is 1.63. The highest BCUT2D eigenvalue weighted by Crippen LogP contribution is 2.54. The summed E-state index contributed by atoms with van der Waals surface area (Å²) in [6.07, 6.45) is -2.61. The largest absolute Gasteiger partial charge is 0.573 e. The van der Waals surface area contributed by atoms with E-state index in [0.717, 1.165) is 18.3 Å². The van der Waals surface area contributed by atoms with Crippen LogP contribution in [0.2, 0.25) is 0 Å². The lowest BCUT2D eigenvalue weighted by Gasteiger charge is -2.30. The third-order valence-electron chi connectivity index (χ3n) is 5.39. The minimum Gasteiger partial charge on any atom is -0.404 e. The Hall–Kier alpha value is -2.91. The summed E-state index contributed by atoms with van der Waals surface area (Å²) in [5, 5.41) is 2.58. The van der Waals surface area contributed by atoms with Gasteiger partial charge in [0.1, 0.15) is 5.75 Å². The van der Waals surface area contributed by atoms with E-state index in [1.54, 1.807) is 0 Å². The van der Waals surface area contributed by atoms with Gasteiger partial charge in [-0.15, -0.1) is 13.2 Å². The van der Waals surface area contributed by atoms with Crippen molar-refractivity contribution in [2.45, 2.75) is 52.4 Å². The average Bonchev–Trinajstić information content (AvgIpc) is 3.41. The fraction of sp³-hybridized carbons (Fsp3) is 0.500. The molecule has 4 rings (SSSR count). The molecule has 2 atom stereocenters. The van der Waals surface area contributed by atoms with E-state index in [1.165, 1.54) is 18.2 Å². The van der Waals surface area contributed by atoms with Gasteiger partial charge in [-0.1, -0.05) is 20.8 Å². The van der Waals surface area contributed by atoms with Gasteiger partial charge in [0, 0.05) is 24.9 Å². The topological polar surface area (TPSA) is 67.4 Å². The minimum atomic E-state index is -4.78. The molecule has 0 radical (unpaired) electrons. The lowest BCUT2D eigenvalue weighted by molar-refractivity contribution is -0.274. The number of halogens is 4. The number of anilines is 2. The first-order chi connectivity index (χ1) is 14.9. The molecule has 0 spiro atoms. The van der Waals surface area contributed by atoms with Crippen LogP contribution in [0.25, 0.3) is 0 Å². The van der Waals surface area contributed by atoms with Crippen molar-refractivity contribution in [1.29, 1.82) is 0 Å². The van der Waals surface area contributed by atoms with Crippen LogP contribution in [-0.4, -0.2) is 28.8 Å². The zero-order chi connectivity index (χ0) is 23.3. The normalized spacial score (nSPS) is 19.8. The van der Waals surface area contributed by atoms with E-state index in [4.69, 9.17) is 0 Å². The molecule has 1 N–H and O–H groups in total. The molecule has 0 bridgehead atoms. The zero-order valence-electron chi connectivity index (χ0n) is 18.0. The Kier molecular flexibility index (Phi) is 5.50. The lowest BCUT2D eigenvalue weighted by Crippen LogP contribution is -2.31. The van der Waals surface area contributed by atoms with Crippen LogP contribution in [0.3, 0.4) is 0 Å². The Labute approximate surface area is 183 Å². The monoisotopic (exact) mass is 452 g/mol. The van der Waals surface area contributed by atoms with E-state index in [1.807, 2.05) is 25.7 Å². The molecule has 2 aliphatic rings. The average molecular weight is 452 g/mol. The number of nitrogens with one attached hydrogen (secondary N) is 1. The Bertz CT molecular complexity index is 1020. The maximum Gasteiger partial charge on any atom is 0.573 e. The van der Waals surface area contributed by atoms with Crippen LogP contribution in [0.5, 0.6) is 5.75 Å². The third kappa shape index (κ3) is 5.28. The number of alkyl halides is 3. The standard InChI is InChI=1S/C22H24F4N4O2/c1-21(2,3)8-18(31)28-20-16(23)7-17-19(29-20)15-6-12(15)10-30(17)11-13-4-5-14(9-27-13)32-22(24,25)26/h4-5,7,9,12,15H,6,8,10-11H2,1-3H3,(H,28,29,31). The summed E-state index contributed by atoms with van der Waals surface area (Å²) in [6, 6.07) is 4.02. The fourth-order valence-corrected chi connectivity index (χ4v) is 3.97. The van der Waals surface area contributed by atoms with Crippen LogP contribution in [0.4, 0.5) is 29.1 Å². The Morgan fingerprint density at radius 1 is 1.28 bits per heavy atom. The van der Waals surface area contributed by atoms with Crippen molar-refractivity contribution in [3.8, 4) is 5.75 Å². The summed E-state index contributed by atoms with van der Waals surface area (Å²) < 4.78 is 55.6. The number of pyridine rings is 2. The van der Waals surface area contributed by atoms with Gasteiger partial charge in [0.2, 0.25) is 5.91 Å². The van der Waals surface area contributed by atoms with Crippen LogP contribution in [0.15, 0.2) is 24.4 Å². The number of aromatic nitrogens is 2. The number of fused-ring (bicyclic) bond motifs is 3. The molecule has 1 aliphatic heterocycles. The number of rotatable bonds is 5. The molecule has 6 nitrogen and oxygen atoms in total. The van der Waals surface area contributed by atoms with Crippen LogP contribution < -0.4 is 15.0 Å². The lowest BCUT2D eigenvalue weighted by atomic mass is 9.92. The summed E-state index contributed by atoms with van der Waals surface area (Å²) in [7, 11) is 0. The maximum absolute atomic E-state index is 14.8. The molecule has 2 unspecified atom stereocenters. The quantitative estimate of drug-likeness (QED) is 0.646. The Morgan fingerprint density at radius 2 is 2.03 bits per heavy atom. The molecule has 1 fully saturated rings. The van der Waals surface area contributed by atoms with Crippen LogP contribution in [0.1, 0.15) is 50.9 Å². The summed E-state index contributed by atoms with van der Waals surface area (Å²) >= 11 is 0. The highest BCUT2D eigenvalue weighted by atomic mass is 19.4. The number of carbonyl (C=O) groups excluding carboxylic acids is 1. The molecule has 1 amide bonds. The van der Waals surface area contributed by atoms with Gasteiger partial charge in [-0.05, 0) is 29.9 Å². The molecule has 0 saturated heterocycles. The molecule has 1 aliphatic carbocycles. The predicted molar refractivity (Wildman–Crippen MR) is 110 cm³/mol. The van der Waals surface area contributed by atoms with Gasteiger partial charge in [-0.25, -0.2) is 9.37 Å². The van der Waals surface area contributed by atoms with Gasteiger partial charge in [-0.3, -0.25) is 9.78 Å². The molecule has 2 aromatic heterocycles. The van der Waals surface area contributed by atoms with E-state index in [-0.39, 0.29) is 29.5 Å².